The Morgan fingerprint density at radius 1 is 1.00 bits per heavy atom. The van der Waals surface area contributed by atoms with Crippen LogP contribution in [0.1, 0.15) is 5.56 Å². The lowest BCUT2D eigenvalue weighted by Crippen LogP contribution is -2.09. The van der Waals surface area contributed by atoms with E-state index in [-0.39, 0.29) is 5.02 Å². The van der Waals surface area contributed by atoms with Gasteiger partial charge in [-0.05, 0) is 12.1 Å². The second-order valence-corrected chi connectivity index (χ2v) is 3.07. The van der Waals surface area contributed by atoms with E-state index in [1.54, 1.807) is 0 Å². The minimum absolute atomic E-state index is 0.221. The van der Waals surface area contributed by atoms with Crippen LogP contribution in [0.3, 0.4) is 0 Å². The molecule has 0 aliphatic carbocycles. The van der Waals surface area contributed by atoms with E-state index in [4.69, 9.17) is 11.6 Å². The smallest absolute Gasteiger partial charge is 0.203 e. The maximum absolute atomic E-state index is 12.9. The van der Waals surface area contributed by atoms with Crippen LogP contribution < -0.4 is 0 Å². The van der Waals surface area contributed by atoms with Crippen molar-refractivity contribution in [3.05, 3.63) is 40.7 Å². The Balaban J connectivity index is 3.14. The quantitative estimate of drug-likeness (QED) is 0.636. The molecule has 0 unspecified atom stereocenters. The third-order valence-corrected chi connectivity index (χ3v) is 1.79. The molecule has 0 atom stereocenters. The van der Waals surface area contributed by atoms with Gasteiger partial charge in [0.05, 0.1) is 0 Å². The van der Waals surface area contributed by atoms with E-state index < -0.39 is 23.4 Å². The molecule has 1 aromatic carbocycles. The molecule has 0 heterocycles. The fourth-order valence-corrected chi connectivity index (χ4v) is 0.973. The van der Waals surface area contributed by atoms with Gasteiger partial charge in [0.15, 0.2) is 5.83 Å². The maximum Gasteiger partial charge on any atom is 0.445 e. The zero-order valence-corrected chi connectivity index (χ0v) is 7.83. The molecular weight excluding hydrogens is 239 g/mol. The Kier molecular flexibility index (Phi) is 3.34. The molecule has 15 heavy (non-hydrogen) atoms. The first-order chi connectivity index (χ1) is 6.82. The van der Waals surface area contributed by atoms with E-state index in [1.807, 2.05) is 0 Å². The van der Waals surface area contributed by atoms with Gasteiger partial charge in [0.25, 0.3) is 0 Å². The van der Waals surface area contributed by atoms with E-state index >= 15 is 0 Å². The number of alkyl halides is 3. The van der Waals surface area contributed by atoms with Crippen LogP contribution in [0.15, 0.2) is 30.1 Å². The SMILES string of the molecule is F/C(=C(/F)C(F)(F)F)c1ccc(Cl)cc1. The Morgan fingerprint density at radius 3 is 1.87 bits per heavy atom. The molecule has 0 nitrogen and oxygen atoms in total. The summed E-state index contributed by atoms with van der Waals surface area (Å²) in [5, 5.41) is 0.221. The van der Waals surface area contributed by atoms with Crippen molar-refractivity contribution in [1.29, 1.82) is 0 Å². The Morgan fingerprint density at radius 2 is 1.47 bits per heavy atom. The van der Waals surface area contributed by atoms with Gasteiger partial charge in [-0.3, -0.25) is 0 Å². The average molecular weight is 243 g/mol. The third kappa shape index (κ3) is 2.92. The second kappa shape index (κ2) is 4.18. The molecule has 0 aliphatic heterocycles. The molecule has 82 valence electrons. The predicted molar refractivity (Wildman–Crippen MR) is 46.6 cm³/mol. The normalized spacial score (nSPS) is 13.7. The van der Waals surface area contributed by atoms with E-state index in [2.05, 4.69) is 0 Å². The lowest BCUT2D eigenvalue weighted by atomic mass is 10.2. The van der Waals surface area contributed by atoms with E-state index in [0.29, 0.717) is 0 Å². The van der Waals surface area contributed by atoms with Gasteiger partial charge in [-0.1, -0.05) is 23.7 Å². The summed E-state index contributed by atoms with van der Waals surface area (Å²) >= 11 is 5.43. The molecule has 6 heteroatoms. The van der Waals surface area contributed by atoms with Gasteiger partial charge < -0.3 is 0 Å². The lowest BCUT2D eigenvalue weighted by molar-refractivity contribution is -0.108. The van der Waals surface area contributed by atoms with Crippen LogP contribution in [-0.4, -0.2) is 6.18 Å². The first-order valence-corrected chi connectivity index (χ1v) is 4.08. The van der Waals surface area contributed by atoms with Gasteiger partial charge in [0.1, 0.15) is 0 Å². The van der Waals surface area contributed by atoms with Crippen molar-refractivity contribution < 1.29 is 22.0 Å². The molecule has 0 amide bonds. The number of rotatable bonds is 1. The Hall–Kier alpha value is -1.10. The highest BCUT2D eigenvalue weighted by molar-refractivity contribution is 6.30. The summed E-state index contributed by atoms with van der Waals surface area (Å²) in [6.45, 7) is 0. The van der Waals surface area contributed by atoms with Crippen molar-refractivity contribution in [1.82, 2.24) is 0 Å². The molecule has 0 spiro atoms. The van der Waals surface area contributed by atoms with Gasteiger partial charge in [0, 0.05) is 10.6 Å². The molecular formula is C9H4ClF5. The van der Waals surface area contributed by atoms with Gasteiger partial charge in [-0.15, -0.1) is 0 Å². The minimum Gasteiger partial charge on any atom is -0.203 e. The summed E-state index contributed by atoms with van der Waals surface area (Å²) in [6, 6.07) is 4.26. The standard InChI is InChI=1S/C9H4ClF5/c10-6-3-1-5(2-4-6)7(11)8(12)9(13,14)15/h1-4H/b8-7+. The molecule has 0 bridgehead atoms. The van der Waals surface area contributed by atoms with Crippen molar-refractivity contribution in [2.45, 2.75) is 6.18 Å². The van der Waals surface area contributed by atoms with Gasteiger partial charge in [-0.25, -0.2) is 4.39 Å². The molecule has 0 aliphatic rings. The van der Waals surface area contributed by atoms with Crippen LogP contribution in [0, 0.1) is 0 Å². The van der Waals surface area contributed by atoms with Crippen molar-refractivity contribution in [3.8, 4) is 0 Å². The van der Waals surface area contributed by atoms with Crippen LogP contribution in [0.25, 0.3) is 5.83 Å². The first kappa shape index (κ1) is 12.0. The largest absolute Gasteiger partial charge is 0.445 e. The van der Waals surface area contributed by atoms with Crippen molar-refractivity contribution in [3.63, 3.8) is 0 Å². The lowest BCUT2D eigenvalue weighted by Gasteiger charge is -2.05. The third-order valence-electron chi connectivity index (χ3n) is 1.54. The van der Waals surface area contributed by atoms with Crippen molar-refractivity contribution >= 4 is 17.4 Å². The molecule has 0 saturated heterocycles. The number of hydrogen-bond donors (Lipinski definition) is 0. The molecule has 0 saturated carbocycles. The minimum atomic E-state index is -5.32. The van der Waals surface area contributed by atoms with Gasteiger partial charge in [-0.2, -0.15) is 17.6 Å². The second-order valence-electron chi connectivity index (χ2n) is 2.63. The first-order valence-electron chi connectivity index (χ1n) is 3.71. The fraction of sp³-hybridized carbons (Fsp3) is 0.111. The monoisotopic (exact) mass is 242 g/mol. The number of benzene rings is 1. The Bertz CT molecular complexity index is 376. The van der Waals surface area contributed by atoms with Crippen LogP contribution in [0.5, 0.6) is 0 Å². The summed E-state index contributed by atoms with van der Waals surface area (Å²) in [6.07, 6.45) is -5.32. The number of halogens is 6. The summed E-state index contributed by atoms with van der Waals surface area (Å²) in [5.74, 6) is -4.69. The topological polar surface area (TPSA) is 0 Å². The van der Waals surface area contributed by atoms with Gasteiger partial charge >= 0.3 is 6.18 Å². The highest BCUT2D eigenvalue weighted by Gasteiger charge is 2.38. The Labute approximate surface area is 87.0 Å². The maximum atomic E-state index is 12.9. The fourth-order valence-electron chi connectivity index (χ4n) is 0.847. The average Bonchev–Trinajstić information content (AvgIpc) is 2.15. The molecule has 0 radical (unpaired) electrons. The molecule has 0 fully saturated rings. The summed E-state index contributed by atoms with van der Waals surface area (Å²) in [7, 11) is 0. The molecule has 1 rings (SSSR count). The van der Waals surface area contributed by atoms with E-state index in [1.165, 1.54) is 12.1 Å². The highest BCUT2D eigenvalue weighted by Crippen LogP contribution is 2.34. The van der Waals surface area contributed by atoms with Crippen LogP contribution >= 0.6 is 11.6 Å². The van der Waals surface area contributed by atoms with Crippen molar-refractivity contribution in [2.75, 3.05) is 0 Å². The summed E-state index contributed by atoms with van der Waals surface area (Å²) < 4.78 is 60.6. The van der Waals surface area contributed by atoms with Crippen LogP contribution in [-0.2, 0) is 0 Å². The van der Waals surface area contributed by atoms with E-state index in [0.717, 1.165) is 12.1 Å². The predicted octanol–water partition coefficient (Wildman–Crippen LogP) is 4.51. The van der Waals surface area contributed by atoms with Crippen LogP contribution in [0.4, 0.5) is 22.0 Å². The van der Waals surface area contributed by atoms with Gasteiger partial charge in [0.2, 0.25) is 5.83 Å². The molecule has 0 N–H and O–H groups in total. The summed E-state index contributed by atoms with van der Waals surface area (Å²) in [5.41, 5.74) is -0.505. The number of allylic oxidation sites excluding steroid dienone is 1. The zero-order valence-electron chi connectivity index (χ0n) is 7.08. The van der Waals surface area contributed by atoms with Crippen molar-refractivity contribution in [2.24, 2.45) is 0 Å². The number of hydrogen-bond acceptors (Lipinski definition) is 0. The van der Waals surface area contributed by atoms with Crippen LogP contribution in [0.2, 0.25) is 5.02 Å². The molecule has 0 aromatic heterocycles. The highest BCUT2D eigenvalue weighted by atomic mass is 35.5. The molecule has 1 aromatic rings. The summed E-state index contributed by atoms with van der Waals surface area (Å²) in [4.78, 5) is 0. The van der Waals surface area contributed by atoms with E-state index in [9.17, 15) is 22.0 Å². The zero-order chi connectivity index (χ0) is 11.6.